The van der Waals surface area contributed by atoms with Crippen LogP contribution in [-0.4, -0.2) is 30.5 Å². The van der Waals surface area contributed by atoms with Crippen LogP contribution in [0.15, 0.2) is 36.4 Å². The van der Waals surface area contributed by atoms with Gasteiger partial charge in [-0.05, 0) is 77.8 Å². The van der Waals surface area contributed by atoms with Gasteiger partial charge in [0.15, 0.2) is 5.65 Å². The Morgan fingerprint density at radius 1 is 1.09 bits per heavy atom. The van der Waals surface area contributed by atoms with Gasteiger partial charge in [0, 0.05) is 17.7 Å². The first kappa shape index (κ1) is 21.3. The number of pyridine rings is 1. The molecule has 8 heteroatoms. The molecule has 0 atom stereocenters. The molecule has 0 aliphatic heterocycles. The van der Waals surface area contributed by atoms with E-state index < -0.39 is 0 Å². The molecule has 4 aromatic rings. The first-order chi connectivity index (χ1) is 15.6. The number of amides is 1. The van der Waals surface area contributed by atoms with Gasteiger partial charge in [-0.1, -0.05) is 0 Å². The fourth-order valence-electron chi connectivity index (χ4n) is 4.09. The molecule has 1 N–H and O–H groups in total. The molecule has 1 aromatic carbocycles. The summed E-state index contributed by atoms with van der Waals surface area (Å²) in [5.41, 5.74) is 4.12. The van der Waals surface area contributed by atoms with Gasteiger partial charge < -0.3 is 5.32 Å². The Bertz CT molecular complexity index is 1370. The Morgan fingerprint density at radius 2 is 1.79 bits per heavy atom. The van der Waals surface area contributed by atoms with Crippen molar-refractivity contribution in [2.75, 3.05) is 5.32 Å². The summed E-state index contributed by atoms with van der Waals surface area (Å²) in [5, 5.41) is 13.0. The molecule has 5 rings (SSSR count). The van der Waals surface area contributed by atoms with E-state index in [1.165, 1.54) is 12.1 Å². The third kappa shape index (κ3) is 3.90. The van der Waals surface area contributed by atoms with Gasteiger partial charge in [0.05, 0.1) is 33.6 Å². The van der Waals surface area contributed by atoms with Gasteiger partial charge in [-0.15, -0.1) is 0 Å². The van der Waals surface area contributed by atoms with E-state index in [0.29, 0.717) is 23.0 Å². The number of nitrogens with one attached hydrogen (secondary N) is 1. The Kier molecular flexibility index (Phi) is 4.84. The van der Waals surface area contributed by atoms with E-state index in [1.54, 1.807) is 22.9 Å². The largest absolute Gasteiger partial charge is 0.306 e. The summed E-state index contributed by atoms with van der Waals surface area (Å²) in [4.78, 5) is 18.5. The molecule has 0 spiro atoms. The van der Waals surface area contributed by atoms with Gasteiger partial charge in [-0.3, -0.25) is 4.79 Å². The number of aryl methyl sites for hydroxylation is 2. The highest BCUT2D eigenvalue weighted by atomic mass is 19.1. The van der Waals surface area contributed by atoms with Crippen molar-refractivity contribution in [3.63, 3.8) is 0 Å². The number of hydrogen-bond acceptors (Lipinski definition) is 4. The predicted octanol–water partition coefficient (Wildman–Crippen LogP) is 5.26. The SMILES string of the molecule is Cc1cc(NC(=O)c2cc(C3CC3)nc3c2c(C)nn3C(C)(C)C)n(-c2ccc(F)cc2)n1. The second-order valence-corrected chi connectivity index (χ2v) is 9.75. The van der Waals surface area contributed by atoms with E-state index in [2.05, 4.69) is 31.2 Å². The van der Waals surface area contributed by atoms with Crippen molar-refractivity contribution >= 4 is 22.8 Å². The highest BCUT2D eigenvalue weighted by Crippen LogP contribution is 2.41. The molecular weight excluding hydrogens is 419 g/mol. The van der Waals surface area contributed by atoms with Crippen molar-refractivity contribution in [3.05, 3.63) is 64.9 Å². The zero-order valence-electron chi connectivity index (χ0n) is 19.5. The lowest BCUT2D eigenvalue weighted by Crippen LogP contribution is -2.24. The lowest BCUT2D eigenvalue weighted by atomic mass is 10.1. The smallest absolute Gasteiger partial charge is 0.257 e. The molecule has 1 saturated carbocycles. The summed E-state index contributed by atoms with van der Waals surface area (Å²) in [6.07, 6.45) is 2.16. The minimum absolute atomic E-state index is 0.246. The van der Waals surface area contributed by atoms with Crippen LogP contribution in [0.25, 0.3) is 16.7 Å². The maximum atomic E-state index is 13.6. The quantitative estimate of drug-likeness (QED) is 0.464. The Labute approximate surface area is 191 Å². The van der Waals surface area contributed by atoms with E-state index >= 15 is 0 Å². The summed E-state index contributed by atoms with van der Waals surface area (Å²) in [6, 6.07) is 9.71. The van der Waals surface area contributed by atoms with Crippen LogP contribution in [-0.2, 0) is 5.54 Å². The van der Waals surface area contributed by atoms with Gasteiger partial charge in [-0.25, -0.2) is 18.7 Å². The average molecular weight is 447 g/mol. The topological polar surface area (TPSA) is 77.6 Å². The van der Waals surface area contributed by atoms with Gasteiger partial charge in [0.1, 0.15) is 11.6 Å². The maximum absolute atomic E-state index is 13.6. The fourth-order valence-corrected chi connectivity index (χ4v) is 4.09. The normalized spacial score (nSPS) is 14.1. The Balaban J connectivity index is 1.60. The summed E-state index contributed by atoms with van der Waals surface area (Å²) in [5.74, 6) is 0.329. The van der Waals surface area contributed by atoms with Crippen molar-refractivity contribution in [1.29, 1.82) is 0 Å². The number of anilines is 1. The highest BCUT2D eigenvalue weighted by Gasteiger charge is 2.30. The third-order valence-corrected chi connectivity index (χ3v) is 5.85. The summed E-state index contributed by atoms with van der Waals surface area (Å²) in [7, 11) is 0. The van der Waals surface area contributed by atoms with Crippen molar-refractivity contribution in [1.82, 2.24) is 24.5 Å². The monoisotopic (exact) mass is 446 g/mol. The second kappa shape index (κ2) is 7.50. The molecule has 0 radical (unpaired) electrons. The lowest BCUT2D eigenvalue weighted by Gasteiger charge is -2.20. The number of halogens is 1. The number of hydrogen-bond donors (Lipinski definition) is 1. The van der Waals surface area contributed by atoms with E-state index in [9.17, 15) is 9.18 Å². The minimum atomic E-state index is -0.327. The number of nitrogens with zero attached hydrogens (tertiary/aromatic N) is 5. The fraction of sp³-hybridized carbons (Fsp3) is 0.360. The number of carbonyl (C=O) groups excluding carboxylic acids is 1. The van der Waals surface area contributed by atoms with Crippen LogP contribution < -0.4 is 5.32 Å². The van der Waals surface area contributed by atoms with Crippen LogP contribution in [0.2, 0.25) is 0 Å². The van der Waals surface area contributed by atoms with Gasteiger partial charge >= 0.3 is 0 Å². The molecule has 1 amide bonds. The molecular formula is C25H27FN6O. The van der Waals surface area contributed by atoms with Crippen molar-refractivity contribution < 1.29 is 9.18 Å². The molecule has 1 aliphatic rings. The zero-order chi connectivity index (χ0) is 23.5. The lowest BCUT2D eigenvalue weighted by molar-refractivity contribution is 0.102. The number of benzene rings is 1. The van der Waals surface area contributed by atoms with Crippen molar-refractivity contribution in [2.45, 2.75) is 58.9 Å². The third-order valence-electron chi connectivity index (χ3n) is 5.85. The van der Waals surface area contributed by atoms with E-state index in [4.69, 9.17) is 10.1 Å². The molecule has 170 valence electrons. The molecule has 1 aliphatic carbocycles. The number of aromatic nitrogens is 5. The van der Waals surface area contributed by atoms with Crippen LogP contribution >= 0.6 is 0 Å². The molecule has 33 heavy (non-hydrogen) atoms. The van der Waals surface area contributed by atoms with Crippen LogP contribution in [0, 0.1) is 19.7 Å². The van der Waals surface area contributed by atoms with Crippen LogP contribution in [0.5, 0.6) is 0 Å². The Hall–Kier alpha value is -3.55. The number of carbonyl (C=O) groups is 1. The van der Waals surface area contributed by atoms with Crippen LogP contribution in [0.1, 0.15) is 67.0 Å². The van der Waals surface area contributed by atoms with Gasteiger partial charge in [0.25, 0.3) is 5.91 Å². The molecule has 3 aromatic heterocycles. The predicted molar refractivity (Wildman–Crippen MR) is 125 cm³/mol. The molecule has 1 fully saturated rings. The van der Waals surface area contributed by atoms with E-state index in [-0.39, 0.29) is 17.3 Å². The molecule has 0 saturated heterocycles. The standard InChI is InChI=1S/C25H27FN6O/c1-14-12-21(31(29-14)18-10-8-17(26)9-11-18)28-24(33)19-13-20(16-6-7-16)27-23-22(19)15(2)30-32(23)25(3,4)5/h8-13,16H,6-7H2,1-5H3,(H,28,33). The van der Waals surface area contributed by atoms with E-state index in [1.807, 2.05) is 24.6 Å². The number of rotatable bonds is 4. The summed E-state index contributed by atoms with van der Waals surface area (Å²) in [6.45, 7) is 9.99. The highest BCUT2D eigenvalue weighted by molar-refractivity contribution is 6.12. The zero-order valence-corrected chi connectivity index (χ0v) is 19.5. The van der Waals surface area contributed by atoms with Crippen LogP contribution in [0.4, 0.5) is 10.2 Å². The first-order valence-electron chi connectivity index (χ1n) is 11.2. The Morgan fingerprint density at radius 3 is 2.42 bits per heavy atom. The molecule has 3 heterocycles. The van der Waals surface area contributed by atoms with Crippen molar-refractivity contribution in [2.24, 2.45) is 0 Å². The van der Waals surface area contributed by atoms with Gasteiger partial charge in [-0.2, -0.15) is 10.2 Å². The second-order valence-electron chi connectivity index (χ2n) is 9.75. The summed E-state index contributed by atoms with van der Waals surface area (Å²) < 4.78 is 16.9. The van der Waals surface area contributed by atoms with Gasteiger partial charge in [0.2, 0.25) is 0 Å². The average Bonchev–Trinajstić information content (AvgIpc) is 3.46. The molecule has 0 unspecified atom stereocenters. The molecule has 7 nitrogen and oxygen atoms in total. The number of fused-ring (bicyclic) bond motifs is 1. The van der Waals surface area contributed by atoms with Crippen LogP contribution in [0.3, 0.4) is 0 Å². The maximum Gasteiger partial charge on any atom is 0.257 e. The van der Waals surface area contributed by atoms with Crippen molar-refractivity contribution in [3.8, 4) is 5.69 Å². The van der Waals surface area contributed by atoms with E-state index in [0.717, 1.165) is 41.0 Å². The molecule has 0 bridgehead atoms. The first-order valence-corrected chi connectivity index (χ1v) is 11.2. The summed E-state index contributed by atoms with van der Waals surface area (Å²) >= 11 is 0. The minimum Gasteiger partial charge on any atom is -0.306 e.